The summed E-state index contributed by atoms with van der Waals surface area (Å²) in [5, 5.41) is 29.3. The molecule has 2 aromatic rings. The number of aliphatic hydroxyl groups is 2. The number of nitrogens with two attached hydrogens (primary N) is 1. The van der Waals surface area contributed by atoms with Crippen LogP contribution in [-0.2, 0) is 14.3 Å². The van der Waals surface area contributed by atoms with Gasteiger partial charge in [-0.15, -0.1) is 0 Å². The van der Waals surface area contributed by atoms with Crippen molar-refractivity contribution in [2.24, 2.45) is 5.73 Å². The standard InChI is InChI=1S/C25H23FN4O7/c26-13-3-1-11(2-4-13)12-5-17(33)22-18(6-12)37-23(28)14(8-27)21(22)15-9-30(25(35)29-24(15)34)20-7-16(32)19(10-31)36-20/h1-4,9,12,16,19-21,31-32H,5-7,10,28H2,(H,29,34,35)/t12?,16-,19+,20+,21?/m0/s1. The number of Topliss-reactive ketones (excluding diaryl/α,β-unsaturated/α-hetero) is 1. The molecule has 1 aromatic heterocycles. The highest BCUT2D eigenvalue weighted by Gasteiger charge is 2.43. The van der Waals surface area contributed by atoms with E-state index in [-0.39, 0.29) is 59.3 Å². The van der Waals surface area contributed by atoms with E-state index in [1.807, 2.05) is 6.07 Å². The quantitative estimate of drug-likeness (QED) is 0.456. The van der Waals surface area contributed by atoms with Crippen LogP contribution < -0.4 is 17.0 Å². The zero-order chi connectivity index (χ0) is 26.4. The van der Waals surface area contributed by atoms with Crippen molar-refractivity contribution in [2.45, 2.75) is 49.5 Å². The molecule has 3 heterocycles. The van der Waals surface area contributed by atoms with Crippen LogP contribution in [0.25, 0.3) is 0 Å². The van der Waals surface area contributed by atoms with Crippen LogP contribution in [0.4, 0.5) is 4.39 Å². The van der Waals surface area contributed by atoms with E-state index >= 15 is 0 Å². The Morgan fingerprint density at radius 1 is 1.22 bits per heavy atom. The van der Waals surface area contributed by atoms with Gasteiger partial charge in [0.25, 0.3) is 5.56 Å². The van der Waals surface area contributed by atoms with Gasteiger partial charge in [-0.3, -0.25) is 19.1 Å². The van der Waals surface area contributed by atoms with Gasteiger partial charge in [-0.2, -0.15) is 5.26 Å². The molecule has 0 bridgehead atoms. The zero-order valence-corrected chi connectivity index (χ0v) is 19.4. The maximum absolute atomic E-state index is 13.4. The third kappa shape index (κ3) is 4.27. The highest BCUT2D eigenvalue weighted by atomic mass is 19.1. The van der Waals surface area contributed by atoms with E-state index in [2.05, 4.69) is 4.98 Å². The van der Waals surface area contributed by atoms with Crippen molar-refractivity contribution < 1.29 is 28.9 Å². The molecule has 12 heteroatoms. The Balaban J connectivity index is 1.59. The summed E-state index contributed by atoms with van der Waals surface area (Å²) in [6.07, 6.45) is -1.56. The number of allylic oxidation sites excluding steroid dienone is 3. The molecule has 11 nitrogen and oxygen atoms in total. The normalized spacial score (nSPS) is 27.6. The number of nitrogens with one attached hydrogen (secondary N) is 1. The molecule has 5 rings (SSSR count). The fraction of sp³-hybridized carbons (Fsp3) is 0.360. The highest BCUT2D eigenvalue weighted by Crippen LogP contribution is 2.46. The number of hydrogen-bond donors (Lipinski definition) is 4. The van der Waals surface area contributed by atoms with Gasteiger partial charge in [0, 0.05) is 36.6 Å². The third-order valence-corrected chi connectivity index (χ3v) is 7.00. The lowest BCUT2D eigenvalue weighted by molar-refractivity contribution is -0.117. The lowest BCUT2D eigenvalue weighted by Gasteiger charge is -2.33. The number of benzene rings is 1. The number of H-pyrrole nitrogens is 1. The minimum Gasteiger partial charge on any atom is -0.444 e. The van der Waals surface area contributed by atoms with Gasteiger partial charge >= 0.3 is 5.69 Å². The molecule has 0 radical (unpaired) electrons. The number of hydrogen-bond acceptors (Lipinski definition) is 9. The van der Waals surface area contributed by atoms with E-state index in [4.69, 9.17) is 15.2 Å². The Labute approximate surface area is 208 Å². The van der Waals surface area contributed by atoms with Crippen molar-refractivity contribution >= 4 is 5.78 Å². The maximum Gasteiger partial charge on any atom is 0.330 e. The minimum atomic E-state index is -1.20. The molecule has 0 spiro atoms. The summed E-state index contributed by atoms with van der Waals surface area (Å²) in [6.45, 7) is -0.472. The van der Waals surface area contributed by atoms with E-state index in [1.54, 1.807) is 12.1 Å². The SMILES string of the molecule is N#CC1=C(N)OC2=C(C(=O)CC(c3ccc(F)cc3)C2)C1c1cn([C@H]2C[C@H](O)[C@@H](CO)O2)c(=O)[nH]c1=O. The number of aromatic amines is 1. The molecule has 37 heavy (non-hydrogen) atoms. The highest BCUT2D eigenvalue weighted by molar-refractivity contribution is 6.00. The van der Waals surface area contributed by atoms with Crippen molar-refractivity contribution in [3.63, 3.8) is 0 Å². The number of nitrogens with zero attached hydrogens (tertiary/aromatic N) is 2. The average molecular weight is 510 g/mol. The molecule has 5 atom stereocenters. The van der Waals surface area contributed by atoms with E-state index in [0.717, 1.165) is 10.1 Å². The fourth-order valence-corrected chi connectivity index (χ4v) is 5.16. The van der Waals surface area contributed by atoms with Crippen LogP contribution in [0.3, 0.4) is 0 Å². The Morgan fingerprint density at radius 3 is 2.59 bits per heavy atom. The molecule has 1 aromatic carbocycles. The molecular formula is C25H23FN4O7. The summed E-state index contributed by atoms with van der Waals surface area (Å²) in [5.41, 5.74) is 4.92. The molecule has 192 valence electrons. The largest absolute Gasteiger partial charge is 0.444 e. The second kappa shape index (κ2) is 9.44. The van der Waals surface area contributed by atoms with Crippen LogP contribution >= 0.6 is 0 Å². The van der Waals surface area contributed by atoms with E-state index in [0.29, 0.717) is 0 Å². The number of aromatic nitrogens is 2. The summed E-state index contributed by atoms with van der Waals surface area (Å²) in [5.74, 6) is -2.42. The molecule has 2 unspecified atom stereocenters. The molecule has 2 aliphatic heterocycles. The second-order valence-electron chi connectivity index (χ2n) is 9.21. The van der Waals surface area contributed by atoms with Crippen molar-refractivity contribution in [2.75, 3.05) is 6.61 Å². The first-order valence-electron chi connectivity index (χ1n) is 11.6. The summed E-state index contributed by atoms with van der Waals surface area (Å²) >= 11 is 0. The Kier molecular flexibility index (Phi) is 6.28. The Morgan fingerprint density at radius 2 is 1.95 bits per heavy atom. The van der Waals surface area contributed by atoms with Gasteiger partial charge in [-0.05, 0) is 23.6 Å². The number of nitriles is 1. The lowest BCUT2D eigenvalue weighted by Crippen LogP contribution is -2.38. The van der Waals surface area contributed by atoms with Gasteiger partial charge in [0.05, 0.1) is 18.6 Å². The molecule has 5 N–H and O–H groups in total. The summed E-state index contributed by atoms with van der Waals surface area (Å²) in [6, 6.07) is 7.66. The van der Waals surface area contributed by atoms with E-state index < -0.39 is 48.0 Å². The predicted octanol–water partition coefficient (Wildman–Crippen LogP) is 0.525. The number of ketones is 1. The van der Waals surface area contributed by atoms with Crippen LogP contribution in [0.2, 0.25) is 0 Å². The predicted molar refractivity (Wildman–Crippen MR) is 124 cm³/mol. The van der Waals surface area contributed by atoms with Crippen LogP contribution in [-0.4, -0.2) is 44.4 Å². The third-order valence-electron chi connectivity index (χ3n) is 7.00. The van der Waals surface area contributed by atoms with Gasteiger partial charge in [-0.1, -0.05) is 12.1 Å². The maximum atomic E-state index is 13.4. The van der Waals surface area contributed by atoms with E-state index in [1.165, 1.54) is 18.3 Å². The molecule has 3 aliphatic rings. The lowest BCUT2D eigenvalue weighted by atomic mass is 9.74. The van der Waals surface area contributed by atoms with Crippen molar-refractivity contribution in [1.29, 1.82) is 5.26 Å². The number of ether oxygens (including phenoxy) is 2. The first kappa shape index (κ1) is 24.6. The van der Waals surface area contributed by atoms with Crippen LogP contribution in [0.5, 0.6) is 0 Å². The average Bonchev–Trinajstić information content (AvgIpc) is 3.24. The summed E-state index contributed by atoms with van der Waals surface area (Å²) in [4.78, 5) is 41.2. The van der Waals surface area contributed by atoms with Crippen LogP contribution in [0.1, 0.15) is 48.5 Å². The molecular weight excluding hydrogens is 487 g/mol. The monoisotopic (exact) mass is 510 g/mol. The number of carbonyl (C=O) groups excluding carboxylic acids is 1. The first-order valence-corrected chi connectivity index (χ1v) is 11.6. The first-order chi connectivity index (χ1) is 17.7. The van der Waals surface area contributed by atoms with Gasteiger partial charge in [0.15, 0.2) is 5.78 Å². The molecule has 1 aliphatic carbocycles. The van der Waals surface area contributed by atoms with Crippen molar-refractivity contribution in [1.82, 2.24) is 9.55 Å². The molecule has 0 amide bonds. The van der Waals surface area contributed by atoms with Crippen molar-refractivity contribution in [3.05, 3.63) is 91.0 Å². The van der Waals surface area contributed by atoms with Gasteiger partial charge in [0.2, 0.25) is 5.88 Å². The number of aliphatic hydroxyl groups excluding tert-OH is 2. The summed E-state index contributed by atoms with van der Waals surface area (Å²) in [7, 11) is 0. The Hall–Kier alpha value is -4.05. The molecule has 0 saturated carbocycles. The summed E-state index contributed by atoms with van der Waals surface area (Å²) < 4.78 is 25.7. The van der Waals surface area contributed by atoms with Crippen LogP contribution in [0, 0.1) is 17.1 Å². The smallest absolute Gasteiger partial charge is 0.330 e. The fourth-order valence-electron chi connectivity index (χ4n) is 5.16. The minimum absolute atomic E-state index is 0.0244. The topological polar surface area (TPSA) is 181 Å². The number of rotatable bonds is 4. The molecule has 1 fully saturated rings. The van der Waals surface area contributed by atoms with Gasteiger partial charge < -0.3 is 25.4 Å². The van der Waals surface area contributed by atoms with Crippen LogP contribution in [0.15, 0.2) is 62.8 Å². The van der Waals surface area contributed by atoms with Gasteiger partial charge in [-0.25, -0.2) is 9.18 Å². The zero-order valence-electron chi connectivity index (χ0n) is 19.4. The number of halogens is 1. The van der Waals surface area contributed by atoms with E-state index in [9.17, 15) is 34.2 Å². The second-order valence-corrected chi connectivity index (χ2v) is 9.21. The van der Waals surface area contributed by atoms with Gasteiger partial charge in [0.1, 0.15) is 35.6 Å². The molecule has 1 saturated heterocycles. The van der Waals surface area contributed by atoms with Crippen molar-refractivity contribution in [3.8, 4) is 6.07 Å². The number of carbonyl (C=O) groups is 1. The Bertz CT molecular complexity index is 1480.